The number of unbranched alkanes of at least 4 members (excludes halogenated alkanes) is 12. The molecule has 0 amide bonds. The molecular weight excluding hydrogens is 1940 g/mol. The Morgan fingerprint density at radius 3 is 1.03 bits per heavy atom. The smallest absolute Gasteiger partial charge is 0.203 e. The van der Waals surface area contributed by atoms with Crippen molar-refractivity contribution in [2.45, 2.75) is 208 Å². The van der Waals surface area contributed by atoms with E-state index in [9.17, 15) is 75.0 Å². The lowest BCUT2D eigenvalue weighted by molar-refractivity contribution is 0.101. The summed E-state index contributed by atoms with van der Waals surface area (Å²) in [7, 11) is 0. The molecule has 1 heterocycles. The number of hydrogen-bond acceptors (Lipinski definition) is 15. The lowest BCUT2D eigenvalue weighted by Gasteiger charge is -2.14. The third-order valence-corrected chi connectivity index (χ3v) is 25.6. The minimum Gasteiger partial charge on any atom is -0.507 e. The molecule has 11 N–H and O–H groups in total. The number of aryl methyl sites for hydroxylation is 6. The van der Waals surface area contributed by atoms with Gasteiger partial charge in [0.25, 0.3) is 0 Å². The Kier molecular flexibility index (Phi) is 40.5. The highest BCUT2D eigenvalue weighted by molar-refractivity contribution is 9.14. The van der Waals surface area contributed by atoms with Crippen molar-refractivity contribution in [3.8, 4) is 57.5 Å². The Morgan fingerprint density at radius 1 is 0.362 bits per heavy atom. The number of rotatable bonds is 32. The minimum absolute atomic E-state index is 0.0133. The SMILES string of the molecule is CCCCCCc1cc(Br)c(O)c(C(=O)C2=CC(Cl)=C(Cl)C2)c1O.CCCCCCc1cc(C)c(O)c(C(=O)C2=CC(Cl)=C(Cl)C2)c1O.CCCCCCc1cc(Cl)c(O)c(C(=O)C2=CC(Br)=C(Br)C2)c1O.CCCCCCc1cc(Cl)c(O)c(C(=O)c2c[nH]c(Cl)c2Cl)c1O.CCCc1cc(Cl)c(O)c(C(=O)C2=CC=C(Br)C2)c1O. The van der Waals surface area contributed by atoms with E-state index in [-0.39, 0.29) is 123 Å². The zero-order valence-corrected chi connectivity index (χ0v) is 77.8. The molecular formula is C87H92Br4Cl9NO15. The maximum Gasteiger partial charge on any atom is 0.203 e. The summed E-state index contributed by atoms with van der Waals surface area (Å²) in [6.07, 6.45) is 31.4. The van der Waals surface area contributed by atoms with E-state index in [2.05, 4.69) is 96.4 Å². The van der Waals surface area contributed by atoms with Gasteiger partial charge in [-0.15, -0.1) is 0 Å². The number of aromatic hydroxyl groups is 10. The molecule has 0 atom stereocenters. The van der Waals surface area contributed by atoms with Gasteiger partial charge in [0.05, 0.1) is 40.2 Å². The summed E-state index contributed by atoms with van der Waals surface area (Å²) in [6, 6.07) is 7.94. The molecule has 116 heavy (non-hydrogen) atoms. The lowest BCUT2D eigenvalue weighted by Crippen LogP contribution is -2.06. The number of ketones is 5. The van der Waals surface area contributed by atoms with Crippen LogP contribution in [0.4, 0.5) is 0 Å². The van der Waals surface area contributed by atoms with Crippen LogP contribution in [0.3, 0.4) is 0 Å². The van der Waals surface area contributed by atoms with E-state index in [0.717, 1.165) is 123 Å². The molecule has 16 nitrogen and oxygen atoms in total. The number of halogens is 13. The number of aromatic amines is 1. The van der Waals surface area contributed by atoms with Gasteiger partial charge in [0.1, 0.15) is 90.5 Å². The number of Topliss-reactive ketones (excluding diaryl/α,β-unsaturated/α-hetero) is 4. The number of carbonyl (C=O) groups excluding carboxylic acids is 5. The maximum atomic E-state index is 12.7. The molecule has 10 rings (SSSR count). The molecule has 4 aliphatic rings. The van der Waals surface area contributed by atoms with Crippen molar-refractivity contribution in [1.82, 2.24) is 4.98 Å². The highest BCUT2D eigenvalue weighted by Gasteiger charge is 2.33. The normalized spacial score (nSPS) is 13.6. The number of allylic oxidation sites excluding steroid dienone is 16. The predicted molar refractivity (Wildman–Crippen MR) is 483 cm³/mol. The summed E-state index contributed by atoms with van der Waals surface area (Å²) in [5, 5.41) is 105. The molecule has 0 unspecified atom stereocenters. The molecule has 0 saturated heterocycles. The molecule has 0 radical (unpaired) electrons. The van der Waals surface area contributed by atoms with Crippen molar-refractivity contribution in [2.24, 2.45) is 0 Å². The van der Waals surface area contributed by atoms with Crippen LogP contribution in [0.2, 0.25) is 25.2 Å². The average molecular weight is 2030 g/mol. The van der Waals surface area contributed by atoms with Gasteiger partial charge >= 0.3 is 0 Å². The number of aromatic nitrogens is 1. The van der Waals surface area contributed by atoms with E-state index in [4.69, 9.17) is 104 Å². The monoisotopic (exact) mass is 2020 g/mol. The zero-order chi connectivity index (χ0) is 86.3. The van der Waals surface area contributed by atoms with Crippen LogP contribution >= 0.6 is 168 Å². The molecule has 4 aliphatic carbocycles. The Balaban J connectivity index is 0.000000226. The van der Waals surface area contributed by atoms with E-state index < -0.39 is 34.7 Å². The first-order chi connectivity index (χ1) is 54.9. The summed E-state index contributed by atoms with van der Waals surface area (Å²) in [5.41, 5.74) is 4.75. The maximum absolute atomic E-state index is 12.7. The van der Waals surface area contributed by atoms with Gasteiger partial charge < -0.3 is 56.0 Å². The van der Waals surface area contributed by atoms with Gasteiger partial charge in [0.2, 0.25) is 5.78 Å². The number of nitrogens with one attached hydrogen (secondary N) is 1. The van der Waals surface area contributed by atoms with Crippen molar-refractivity contribution in [3.05, 3.63) is 219 Å². The van der Waals surface area contributed by atoms with Crippen molar-refractivity contribution in [3.63, 3.8) is 0 Å². The first kappa shape index (κ1) is 99.0. The third-order valence-electron chi connectivity index (χ3n) is 19.3. The topological polar surface area (TPSA) is 303 Å². The van der Waals surface area contributed by atoms with Gasteiger partial charge in [0.15, 0.2) is 23.1 Å². The fourth-order valence-corrected chi connectivity index (χ4v) is 16.4. The Hall–Kier alpha value is -5.82. The third kappa shape index (κ3) is 25.9. The average Bonchev–Trinajstić information content (AvgIpc) is 1.31. The highest BCUT2D eigenvalue weighted by Crippen LogP contribution is 2.48. The molecule has 6 aromatic rings. The molecule has 0 bridgehead atoms. The van der Waals surface area contributed by atoms with E-state index in [0.29, 0.717) is 125 Å². The quantitative estimate of drug-likeness (QED) is 0.0138. The Bertz CT molecular complexity index is 4680. The van der Waals surface area contributed by atoms with Crippen LogP contribution < -0.4 is 0 Å². The second-order valence-electron chi connectivity index (χ2n) is 28.0. The zero-order valence-electron chi connectivity index (χ0n) is 64.7. The number of hydrogen-bond donors (Lipinski definition) is 11. The Morgan fingerprint density at radius 2 is 0.707 bits per heavy atom. The highest BCUT2D eigenvalue weighted by atomic mass is 79.9. The first-order valence-corrected chi connectivity index (χ1v) is 44.5. The number of benzene rings is 5. The standard InChI is InChI=1S/C19H22Cl2O3.C18H19Br2ClO3.C18H19BrCl2O3.C17H18Cl3NO3.C15H14BrClO3/c1-3-4-5-6-7-12-8-11(2)17(22)16(18(12)23)19(24)13-9-14(20)15(21)10-13;1-2-3-4-5-6-10-9-14(21)18(24)15(16(10)22)17(23)11-7-12(19)13(20)8-11;1-2-3-4-5-6-10-7-12(19)18(24)15(16(10)22)17(23)11-8-13(20)14(21)9-11;1-2-3-4-5-6-9-7-11(18)16(24)12(14(9)22)15(23)10-8-21-17(20)13(10)19;1-2-3-8-7-11(17)15(20)12(13(8)18)14(19)9-4-5-10(16)6-9/h8-9,22-23H,3-7,10H2,1-2H3;7,9,22,24H,2-6,8H2,1H3;7-8,22,24H,2-6,9H2,1H3;7-8,21-22,24H,2-6H2,1H3;4-5,7,18,20H,2-3,6H2,1H3. The molecule has 0 spiro atoms. The summed E-state index contributed by atoms with van der Waals surface area (Å²) < 4.78 is 2.91. The fourth-order valence-electron chi connectivity index (χ4n) is 12.9. The van der Waals surface area contributed by atoms with Gasteiger partial charge in [-0.3, -0.25) is 24.0 Å². The largest absolute Gasteiger partial charge is 0.507 e. The van der Waals surface area contributed by atoms with Gasteiger partial charge in [0, 0.05) is 73.2 Å². The van der Waals surface area contributed by atoms with E-state index in [1.54, 1.807) is 43.4 Å². The summed E-state index contributed by atoms with van der Waals surface area (Å²) in [4.78, 5) is 65.9. The van der Waals surface area contributed by atoms with Gasteiger partial charge in [-0.2, -0.15) is 0 Å². The summed E-state index contributed by atoms with van der Waals surface area (Å²) >= 11 is 66.9. The van der Waals surface area contributed by atoms with Crippen molar-refractivity contribution >= 4 is 197 Å². The van der Waals surface area contributed by atoms with Crippen molar-refractivity contribution in [2.75, 3.05) is 0 Å². The second-order valence-corrected chi connectivity index (χ2v) is 35.4. The van der Waals surface area contributed by atoms with Gasteiger partial charge in [-0.25, -0.2) is 0 Å². The molecule has 29 heteroatoms. The van der Waals surface area contributed by atoms with Crippen molar-refractivity contribution in [1.29, 1.82) is 0 Å². The first-order valence-electron chi connectivity index (χ1n) is 38.0. The minimum atomic E-state index is -0.643. The fraction of sp³-hybridized carbons (Fsp3) is 0.368. The van der Waals surface area contributed by atoms with E-state index in [1.165, 1.54) is 30.5 Å². The van der Waals surface area contributed by atoms with Crippen molar-refractivity contribution < 1.29 is 75.0 Å². The molecule has 626 valence electrons. The number of phenolic OH excluding ortho intramolecular Hbond substituents is 10. The van der Waals surface area contributed by atoms with Gasteiger partial charge in [-0.05, 0) is 183 Å². The Labute approximate surface area is 755 Å². The number of H-pyrrole nitrogens is 1. The number of carbonyl (C=O) groups is 5. The lowest BCUT2D eigenvalue weighted by atomic mass is 9.93. The summed E-state index contributed by atoms with van der Waals surface area (Å²) in [6.45, 7) is 12.2. The van der Waals surface area contributed by atoms with Gasteiger partial charge in [-0.1, -0.05) is 267 Å². The molecule has 0 saturated carbocycles. The van der Waals surface area contributed by atoms with Crippen LogP contribution in [-0.4, -0.2) is 85.0 Å². The molecule has 5 aromatic carbocycles. The van der Waals surface area contributed by atoms with Crippen LogP contribution in [0.15, 0.2) is 127 Å². The second kappa shape index (κ2) is 47.4. The van der Waals surface area contributed by atoms with Crippen LogP contribution in [0, 0.1) is 6.92 Å². The molecule has 0 aliphatic heterocycles. The van der Waals surface area contributed by atoms with E-state index in [1.807, 2.05) is 6.92 Å². The van der Waals surface area contributed by atoms with Crippen LogP contribution in [-0.2, 0) is 32.1 Å². The van der Waals surface area contributed by atoms with Crippen LogP contribution in [0.5, 0.6) is 57.5 Å². The number of phenols is 10. The predicted octanol–water partition coefficient (Wildman–Crippen LogP) is 28.5. The summed E-state index contributed by atoms with van der Waals surface area (Å²) in [5.74, 6) is -4.92. The van der Waals surface area contributed by atoms with E-state index >= 15 is 0 Å². The molecule has 0 fully saturated rings. The molecule has 1 aromatic heterocycles. The van der Waals surface area contributed by atoms with Crippen LogP contribution in [0.1, 0.15) is 260 Å². The van der Waals surface area contributed by atoms with Crippen LogP contribution in [0.25, 0.3) is 0 Å².